The van der Waals surface area contributed by atoms with Gasteiger partial charge in [0.15, 0.2) is 0 Å². The lowest BCUT2D eigenvalue weighted by molar-refractivity contribution is 0.559. The highest BCUT2D eigenvalue weighted by molar-refractivity contribution is 9.10. The van der Waals surface area contributed by atoms with Crippen LogP contribution in [0.25, 0.3) is 0 Å². The largest absolute Gasteiger partial charge is 0.313 e. The van der Waals surface area contributed by atoms with E-state index in [1.54, 1.807) is 0 Å². The Bertz CT molecular complexity index is 596. The first-order valence-corrected chi connectivity index (χ1v) is 7.65. The van der Waals surface area contributed by atoms with E-state index in [2.05, 4.69) is 58.4 Å². The highest BCUT2D eigenvalue weighted by Gasteiger charge is 2.17. The summed E-state index contributed by atoms with van der Waals surface area (Å²) in [6.07, 6.45) is 0.914. The maximum absolute atomic E-state index is 4.47. The zero-order valence-electron chi connectivity index (χ0n) is 12.8. The number of nitrogens with one attached hydrogen (secondary N) is 1. The van der Waals surface area contributed by atoms with Gasteiger partial charge in [-0.25, -0.2) is 0 Å². The highest BCUT2D eigenvalue weighted by atomic mass is 79.9. The summed E-state index contributed by atoms with van der Waals surface area (Å²) in [6, 6.07) is 7.01. The van der Waals surface area contributed by atoms with Gasteiger partial charge in [-0.3, -0.25) is 4.68 Å². The lowest BCUT2D eigenvalue weighted by Crippen LogP contribution is -2.20. The number of rotatable bonds is 4. The molecule has 0 bridgehead atoms. The Hall–Kier alpha value is -1.13. The molecule has 0 amide bonds. The summed E-state index contributed by atoms with van der Waals surface area (Å²) in [5.41, 5.74) is 6.20. The second-order valence-corrected chi connectivity index (χ2v) is 6.23. The van der Waals surface area contributed by atoms with Gasteiger partial charge in [-0.15, -0.1) is 0 Å². The summed E-state index contributed by atoms with van der Waals surface area (Å²) in [7, 11) is 4.01. The van der Waals surface area contributed by atoms with Crippen LogP contribution in [-0.4, -0.2) is 16.8 Å². The summed E-state index contributed by atoms with van der Waals surface area (Å²) >= 11 is 3.65. The van der Waals surface area contributed by atoms with Crippen molar-refractivity contribution in [3.63, 3.8) is 0 Å². The lowest BCUT2D eigenvalue weighted by atomic mass is 9.98. The van der Waals surface area contributed by atoms with E-state index in [9.17, 15) is 0 Å². The summed E-state index contributed by atoms with van der Waals surface area (Å²) in [5, 5.41) is 7.89. The summed E-state index contributed by atoms with van der Waals surface area (Å²) < 4.78 is 3.08. The molecule has 0 spiro atoms. The second-order valence-electron chi connectivity index (χ2n) is 5.44. The van der Waals surface area contributed by atoms with E-state index in [4.69, 9.17) is 0 Å². The molecule has 1 heterocycles. The predicted molar refractivity (Wildman–Crippen MR) is 87.1 cm³/mol. The zero-order valence-corrected chi connectivity index (χ0v) is 14.4. The van der Waals surface area contributed by atoms with Crippen LogP contribution < -0.4 is 5.32 Å². The van der Waals surface area contributed by atoms with Gasteiger partial charge in [0.2, 0.25) is 0 Å². The maximum atomic E-state index is 4.47. The van der Waals surface area contributed by atoms with Gasteiger partial charge in [0, 0.05) is 19.5 Å². The number of aromatic nitrogens is 2. The van der Waals surface area contributed by atoms with Crippen molar-refractivity contribution in [2.75, 3.05) is 7.05 Å². The Balaban J connectivity index is 2.33. The normalized spacial score (nSPS) is 12.7. The molecule has 3 nitrogen and oxygen atoms in total. The minimum Gasteiger partial charge on any atom is -0.313 e. The standard InChI is InChI=1S/C16H22BrN3/c1-10-6-11(2)8-13(7-10)14(18-4)9-15-16(17)12(3)19-20(15)5/h6-8,14,18H,9H2,1-5H3. The molecule has 2 aromatic rings. The number of halogens is 1. The quantitative estimate of drug-likeness (QED) is 0.924. The number of hydrogen-bond donors (Lipinski definition) is 1. The third kappa shape index (κ3) is 3.13. The topological polar surface area (TPSA) is 29.9 Å². The molecule has 0 aliphatic rings. The van der Waals surface area contributed by atoms with Gasteiger partial charge in [-0.1, -0.05) is 29.3 Å². The molecule has 0 saturated heterocycles. The van der Waals surface area contributed by atoms with Crippen molar-refractivity contribution in [1.82, 2.24) is 15.1 Å². The fourth-order valence-corrected chi connectivity index (χ4v) is 3.19. The molecule has 0 radical (unpaired) electrons. The van der Waals surface area contributed by atoms with Crippen LogP contribution in [0.1, 0.15) is 34.1 Å². The van der Waals surface area contributed by atoms with E-state index in [1.807, 2.05) is 25.7 Å². The summed E-state index contributed by atoms with van der Waals surface area (Å²) in [4.78, 5) is 0. The van der Waals surface area contributed by atoms with Crippen molar-refractivity contribution in [2.24, 2.45) is 7.05 Å². The Morgan fingerprint density at radius 1 is 1.20 bits per heavy atom. The second kappa shape index (κ2) is 6.10. The van der Waals surface area contributed by atoms with E-state index in [0.29, 0.717) is 6.04 Å². The van der Waals surface area contributed by atoms with E-state index >= 15 is 0 Å². The van der Waals surface area contributed by atoms with E-state index in [0.717, 1.165) is 16.6 Å². The van der Waals surface area contributed by atoms with E-state index < -0.39 is 0 Å². The molecule has 1 unspecified atom stereocenters. The molecular formula is C16H22BrN3. The number of hydrogen-bond acceptors (Lipinski definition) is 2. The lowest BCUT2D eigenvalue weighted by Gasteiger charge is -2.18. The molecule has 1 aromatic carbocycles. The smallest absolute Gasteiger partial charge is 0.0738 e. The SMILES string of the molecule is CNC(Cc1c(Br)c(C)nn1C)c1cc(C)cc(C)c1. The third-order valence-electron chi connectivity index (χ3n) is 3.65. The van der Waals surface area contributed by atoms with Crippen molar-refractivity contribution in [1.29, 1.82) is 0 Å². The van der Waals surface area contributed by atoms with Gasteiger partial charge in [0.25, 0.3) is 0 Å². The van der Waals surface area contributed by atoms with Gasteiger partial charge >= 0.3 is 0 Å². The highest BCUT2D eigenvalue weighted by Crippen LogP contribution is 2.26. The van der Waals surface area contributed by atoms with Crippen molar-refractivity contribution in [3.8, 4) is 0 Å². The van der Waals surface area contributed by atoms with Crippen LogP contribution in [0.3, 0.4) is 0 Å². The first-order valence-electron chi connectivity index (χ1n) is 6.85. The van der Waals surface area contributed by atoms with Crippen LogP contribution in [0.4, 0.5) is 0 Å². The Morgan fingerprint density at radius 3 is 2.25 bits per heavy atom. The van der Waals surface area contributed by atoms with Crippen molar-refractivity contribution >= 4 is 15.9 Å². The fraction of sp³-hybridized carbons (Fsp3) is 0.438. The van der Waals surface area contributed by atoms with Gasteiger partial charge < -0.3 is 5.32 Å². The Labute approximate surface area is 129 Å². The number of nitrogens with zero attached hydrogens (tertiary/aromatic N) is 2. The summed E-state index contributed by atoms with van der Waals surface area (Å²) in [6.45, 7) is 6.32. The minimum atomic E-state index is 0.291. The molecule has 4 heteroatoms. The molecule has 2 rings (SSSR count). The van der Waals surface area contributed by atoms with Gasteiger partial charge in [-0.2, -0.15) is 5.10 Å². The van der Waals surface area contributed by atoms with Crippen LogP contribution in [0.5, 0.6) is 0 Å². The average Bonchev–Trinajstić information content (AvgIpc) is 2.60. The molecule has 0 aliphatic heterocycles. The minimum absolute atomic E-state index is 0.291. The predicted octanol–water partition coefficient (Wildman–Crippen LogP) is 3.61. The van der Waals surface area contributed by atoms with Crippen LogP contribution in [0, 0.1) is 20.8 Å². The van der Waals surface area contributed by atoms with Crippen molar-refractivity contribution < 1.29 is 0 Å². The Morgan fingerprint density at radius 2 is 1.80 bits per heavy atom. The maximum Gasteiger partial charge on any atom is 0.0738 e. The van der Waals surface area contributed by atoms with Crippen molar-refractivity contribution in [2.45, 2.75) is 33.2 Å². The third-order valence-corrected chi connectivity index (χ3v) is 4.69. The zero-order chi connectivity index (χ0) is 14.9. The van der Waals surface area contributed by atoms with Crippen LogP contribution in [0.2, 0.25) is 0 Å². The molecule has 0 fully saturated rings. The van der Waals surface area contributed by atoms with Gasteiger partial charge in [0.05, 0.1) is 15.9 Å². The molecule has 0 saturated carbocycles. The number of likely N-dealkylation sites (N-methyl/N-ethyl adjacent to an activating group) is 1. The molecular weight excluding hydrogens is 314 g/mol. The number of benzene rings is 1. The molecule has 0 aliphatic carbocycles. The van der Waals surface area contributed by atoms with Crippen molar-refractivity contribution in [3.05, 3.63) is 50.8 Å². The van der Waals surface area contributed by atoms with Crippen LogP contribution >= 0.6 is 15.9 Å². The van der Waals surface area contributed by atoms with Crippen LogP contribution in [-0.2, 0) is 13.5 Å². The summed E-state index contributed by atoms with van der Waals surface area (Å²) in [5.74, 6) is 0. The average molecular weight is 336 g/mol. The monoisotopic (exact) mass is 335 g/mol. The van der Waals surface area contributed by atoms with Gasteiger partial charge in [0.1, 0.15) is 0 Å². The first kappa shape index (κ1) is 15.3. The number of aryl methyl sites for hydroxylation is 4. The van der Waals surface area contributed by atoms with Gasteiger partial charge in [-0.05, 0) is 49.3 Å². The van der Waals surface area contributed by atoms with Crippen LogP contribution in [0.15, 0.2) is 22.7 Å². The molecule has 1 N–H and O–H groups in total. The molecule has 20 heavy (non-hydrogen) atoms. The molecule has 1 atom stereocenters. The van der Waals surface area contributed by atoms with E-state index in [1.165, 1.54) is 22.4 Å². The Kier molecular flexibility index (Phi) is 4.66. The fourth-order valence-electron chi connectivity index (χ4n) is 2.69. The first-order chi connectivity index (χ1) is 9.42. The molecule has 108 valence electrons. The molecule has 1 aromatic heterocycles. The van der Waals surface area contributed by atoms with E-state index in [-0.39, 0.29) is 0 Å².